The summed E-state index contributed by atoms with van der Waals surface area (Å²) >= 11 is 12.8. The maximum absolute atomic E-state index is 13.9. The number of nitrogens with zero attached hydrogens (tertiary/aromatic N) is 4. The van der Waals surface area contributed by atoms with Crippen LogP contribution in [-0.4, -0.2) is 94.6 Å². The van der Waals surface area contributed by atoms with Crippen molar-refractivity contribution in [3.8, 4) is 0 Å². The van der Waals surface area contributed by atoms with Gasteiger partial charge in [-0.3, -0.25) is 19.5 Å². The molecule has 1 aromatic heterocycles. The van der Waals surface area contributed by atoms with Gasteiger partial charge in [-0.05, 0) is 37.6 Å². The van der Waals surface area contributed by atoms with E-state index in [1.54, 1.807) is 26.1 Å². The molecule has 2 fully saturated rings. The van der Waals surface area contributed by atoms with Gasteiger partial charge in [0.1, 0.15) is 16.3 Å². The maximum Gasteiger partial charge on any atom is 0.336 e. The lowest BCUT2D eigenvalue weighted by Crippen LogP contribution is -2.53. The molecule has 1 unspecified atom stereocenters. The molecule has 9 nitrogen and oxygen atoms in total. The molecule has 4 heterocycles. The van der Waals surface area contributed by atoms with Crippen molar-refractivity contribution in [1.82, 2.24) is 25.0 Å². The predicted molar refractivity (Wildman–Crippen MR) is 159 cm³/mol. The minimum Gasteiger partial charge on any atom is -0.481 e. The smallest absolute Gasteiger partial charge is 0.336 e. The van der Waals surface area contributed by atoms with E-state index in [0.717, 1.165) is 23.8 Å². The molecular weight excluding hydrogens is 589 g/mol. The lowest BCUT2D eigenvalue weighted by Gasteiger charge is -2.39. The molecule has 3 aliphatic rings. The maximum atomic E-state index is 13.9. The molecule has 0 radical (unpaired) electrons. The monoisotopic (exact) mass is 621 g/mol. The van der Waals surface area contributed by atoms with E-state index in [0.29, 0.717) is 43.0 Å². The zero-order valence-corrected chi connectivity index (χ0v) is 25.5. The summed E-state index contributed by atoms with van der Waals surface area (Å²) in [5.74, 6) is -2.37. The second-order valence-corrected chi connectivity index (χ2v) is 12.9. The first kappa shape index (κ1) is 30.0. The molecular formula is C28H33ClFN5O4S2. The summed E-state index contributed by atoms with van der Waals surface area (Å²) in [7, 11) is 1.34. The fourth-order valence-electron chi connectivity index (χ4n) is 5.74. The van der Waals surface area contributed by atoms with E-state index in [1.807, 2.05) is 11.5 Å². The molecule has 220 valence electrons. The number of nitrogens with one attached hydrogen (secondary N) is 1. The third kappa shape index (κ3) is 6.18. The average Bonchev–Trinajstić information content (AvgIpc) is 3.56. The van der Waals surface area contributed by atoms with E-state index in [4.69, 9.17) is 29.0 Å². The Labute approximate surface area is 253 Å². The number of ether oxygens (including phenoxy) is 1. The normalized spacial score (nSPS) is 24.1. The Bertz CT molecular complexity index is 1390. The summed E-state index contributed by atoms with van der Waals surface area (Å²) in [4.78, 5) is 36.1. The second-order valence-electron chi connectivity index (χ2n) is 11.2. The number of fused-ring (bicyclic) bond motifs is 1. The Hall–Kier alpha value is -2.48. The number of hydrogen-bond acceptors (Lipinski definition) is 10. The molecule has 2 aromatic rings. The highest BCUT2D eigenvalue weighted by Gasteiger charge is 2.44. The van der Waals surface area contributed by atoms with Gasteiger partial charge in [0, 0.05) is 73.5 Å². The molecule has 13 heteroatoms. The number of carbonyl (C=O) groups excluding carboxylic acids is 1. The number of methoxy groups -OCH3 is 1. The van der Waals surface area contributed by atoms with Gasteiger partial charge in [-0.25, -0.2) is 14.2 Å². The zero-order chi connectivity index (χ0) is 29.5. The number of thiol groups is 1. The van der Waals surface area contributed by atoms with E-state index in [2.05, 4.69) is 25.0 Å². The summed E-state index contributed by atoms with van der Waals surface area (Å²) in [6, 6.07) is 4.33. The Morgan fingerprint density at radius 1 is 1.32 bits per heavy atom. The number of rotatable bonds is 8. The Morgan fingerprint density at radius 3 is 2.76 bits per heavy atom. The number of carboxylic acid groups (broad SMARTS) is 1. The van der Waals surface area contributed by atoms with E-state index >= 15 is 0 Å². The highest BCUT2D eigenvalue weighted by Crippen LogP contribution is 2.39. The van der Waals surface area contributed by atoms with Gasteiger partial charge in [-0.2, -0.15) is 0 Å². The van der Waals surface area contributed by atoms with Crippen LogP contribution in [0.1, 0.15) is 30.3 Å². The molecule has 0 amide bonds. The van der Waals surface area contributed by atoms with Crippen LogP contribution in [0.25, 0.3) is 5.70 Å². The number of piperazine rings is 1. The van der Waals surface area contributed by atoms with Gasteiger partial charge < -0.3 is 15.2 Å². The number of halogens is 2. The number of hydrogen-bond donors (Lipinski definition) is 3. The van der Waals surface area contributed by atoms with Crippen molar-refractivity contribution in [3.63, 3.8) is 0 Å². The molecule has 41 heavy (non-hydrogen) atoms. The van der Waals surface area contributed by atoms with E-state index in [1.165, 1.54) is 30.6 Å². The van der Waals surface area contributed by atoms with Crippen molar-refractivity contribution in [2.75, 3.05) is 46.4 Å². The van der Waals surface area contributed by atoms with Crippen LogP contribution in [0.4, 0.5) is 4.39 Å². The molecule has 3 aliphatic heterocycles. The predicted octanol–water partition coefficient (Wildman–Crippen LogP) is 3.72. The van der Waals surface area contributed by atoms with Crippen LogP contribution in [0.5, 0.6) is 0 Å². The van der Waals surface area contributed by atoms with Crippen LogP contribution in [0, 0.1) is 11.2 Å². The highest BCUT2D eigenvalue weighted by molar-refractivity contribution is 7.80. The Kier molecular flexibility index (Phi) is 8.79. The quantitative estimate of drug-likeness (QED) is 0.301. The average molecular weight is 622 g/mol. The number of benzene rings is 1. The van der Waals surface area contributed by atoms with Crippen LogP contribution in [-0.2, 0) is 14.3 Å². The number of carboxylic acids is 1. The summed E-state index contributed by atoms with van der Waals surface area (Å²) < 4.78 is 19.2. The Balaban J connectivity index is 1.43. The molecule has 3 atom stereocenters. The number of dihydropyridines is 1. The fourth-order valence-corrected chi connectivity index (χ4v) is 7.12. The molecule has 1 aromatic carbocycles. The third-order valence-corrected chi connectivity index (χ3v) is 9.62. The lowest BCUT2D eigenvalue weighted by molar-refractivity contribution is -0.148. The minimum atomic E-state index is -0.892. The lowest BCUT2D eigenvalue weighted by atomic mass is 9.86. The van der Waals surface area contributed by atoms with E-state index in [9.17, 15) is 19.1 Å². The SMILES string of the molecule is COC(=O)C1=C(CN2CCN3C(S)N(CC(C)(C)C(=O)O)C[C@H]3C2)NC(c2nccs2)=C[C@H]1c1ccc(F)cc1Cl. The molecule has 0 aliphatic carbocycles. The van der Waals surface area contributed by atoms with Crippen LogP contribution < -0.4 is 5.32 Å². The van der Waals surface area contributed by atoms with Gasteiger partial charge in [0.25, 0.3) is 0 Å². The van der Waals surface area contributed by atoms with Crippen molar-refractivity contribution < 1.29 is 23.8 Å². The van der Waals surface area contributed by atoms with Gasteiger partial charge in [0.15, 0.2) is 0 Å². The van der Waals surface area contributed by atoms with Crippen molar-refractivity contribution in [1.29, 1.82) is 0 Å². The van der Waals surface area contributed by atoms with Gasteiger partial charge in [-0.15, -0.1) is 24.0 Å². The Morgan fingerprint density at radius 2 is 2.10 bits per heavy atom. The molecule has 2 saturated heterocycles. The first-order chi connectivity index (χ1) is 19.5. The molecule has 2 N–H and O–H groups in total. The molecule has 0 spiro atoms. The molecule has 5 rings (SSSR count). The van der Waals surface area contributed by atoms with Crippen LogP contribution in [0.3, 0.4) is 0 Å². The zero-order valence-electron chi connectivity index (χ0n) is 23.0. The summed E-state index contributed by atoms with van der Waals surface area (Å²) in [6.07, 6.45) is 3.60. The number of aromatic nitrogens is 1. The summed E-state index contributed by atoms with van der Waals surface area (Å²) in [5.41, 5.74) is 1.36. The van der Waals surface area contributed by atoms with E-state index in [-0.39, 0.29) is 16.6 Å². The standard InChI is InChI=1S/C28H33ClFN5O4S2/c1-28(2,26(37)38)15-34-13-17-12-33(7-8-35(17)27(34)40)14-22-23(25(36)39-3)19(18-5-4-16(30)10-20(18)29)11-21(32-22)24-31-6-9-41-24/h4-6,9-11,17,19,27,32,40H,7-8,12-15H2,1-3H3,(H,37,38)/t17-,19+,27?/m1/s1. The van der Waals surface area contributed by atoms with Crippen molar-refractivity contribution in [3.05, 3.63) is 68.5 Å². The first-order valence-corrected chi connectivity index (χ1v) is 15.0. The topological polar surface area (TPSA) is 98.2 Å². The largest absolute Gasteiger partial charge is 0.481 e. The number of allylic oxidation sites excluding steroid dienone is 1. The van der Waals surface area contributed by atoms with Crippen LogP contribution in [0.15, 0.2) is 47.1 Å². The second kappa shape index (κ2) is 12.0. The van der Waals surface area contributed by atoms with Gasteiger partial charge in [-0.1, -0.05) is 17.7 Å². The molecule has 0 bridgehead atoms. The fraction of sp³-hybridized carbons (Fsp3) is 0.464. The minimum absolute atomic E-state index is 0.151. The van der Waals surface area contributed by atoms with Crippen LogP contribution >= 0.6 is 35.6 Å². The number of thiazole rings is 1. The van der Waals surface area contributed by atoms with Crippen molar-refractivity contribution in [2.45, 2.75) is 31.3 Å². The third-order valence-electron chi connectivity index (χ3n) is 7.86. The number of carbonyl (C=O) groups is 2. The van der Waals surface area contributed by atoms with Gasteiger partial charge in [0.2, 0.25) is 0 Å². The number of esters is 1. The van der Waals surface area contributed by atoms with Gasteiger partial charge in [0.05, 0.1) is 23.8 Å². The summed E-state index contributed by atoms with van der Waals surface area (Å²) in [6.45, 7) is 7.15. The first-order valence-electron chi connectivity index (χ1n) is 13.3. The van der Waals surface area contributed by atoms with Crippen molar-refractivity contribution in [2.24, 2.45) is 5.41 Å². The highest BCUT2D eigenvalue weighted by atomic mass is 35.5. The molecule has 0 saturated carbocycles. The van der Waals surface area contributed by atoms with Crippen molar-refractivity contribution >= 4 is 53.2 Å². The van der Waals surface area contributed by atoms with E-state index < -0.39 is 29.1 Å². The number of aliphatic carboxylic acids is 1. The van der Waals surface area contributed by atoms with Gasteiger partial charge >= 0.3 is 11.9 Å². The summed E-state index contributed by atoms with van der Waals surface area (Å²) in [5, 5.41) is 15.9. The van der Waals surface area contributed by atoms with Crippen LogP contribution in [0.2, 0.25) is 5.02 Å².